The molecule has 29 heavy (non-hydrogen) atoms. The number of hydrogen-bond acceptors (Lipinski definition) is 3. The number of carbonyl (C=O) groups excluding carboxylic acids is 1. The second-order valence-corrected chi connectivity index (χ2v) is 8.22. The Balaban J connectivity index is 1.69. The van der Waals surface area contributed by atoms with Crippen LogP contribution in [0.25, 0.3) is 0 Å². The Bertz CT molecular complexity index is 862. The van der Waals surface area contributed by atoms with E-state index in [9.17, 15) is 13.6 Å². The standard InChI is InChI=1S/C22H26ClF2N3O/c1-14(2)27-22(29)21-10-19(26-11-16-9-18(24)6-7-20(16)25)13-28(21)12-15-4-3-5-17(23)8-15/h3-9,14,19,21,26H,10-13H2,1-2H3,(H,27,29)/t19-,21+/m1/s1. The highest BCUT2D eigenvalue weighted by atomic mass is 35.5. The highest BCUT2D eigenvalue weighted by Gasteiger charge is 2.36. The summed E-state index contributed by atoms with van der Waals surface area (Å²) in [4.78, 5) is 14.8. The average Bonchev–Trinajstić information content (AvgIpc) is 3.05. The number of rotatable bonds is 7. The van der Waals surface area contributed by atoms with Crippen molar-refractivity contribution in [1.82, 2.24) is 15.5 Å². The maximum absolute atomic E-state index is 13.9. The molecule has 0 unspecified atom stereocenters. The highest BCUT2D eigenvalue weighted by molar-refractivity contribution is 6.30. The minimum atomic E-state index is -0.466. The van der Waals surface area contributed by atoms with Crippen LogP contribution in [-0.2, 0) is 17.9 Å². The Morgan fingerprint density at radius 3 is 2.76 bits per heavy atom. The lowest BCUT2D eigenvalue weighted by molar-refractivity contribution is -0.126. The van der Waals surface area contributed by atoms with Crippen LogP contribution in [0, 0.1) is 11.6 Å². The molecule has 2 aromatic rings. The van der Waals surface area contributed by atoms with Crippen LogP contribution in [0.5, 0.6) is 0 Å². The van der Waals surface area contributed by atoms with E-state index in [1.807, 2.05) is 38.1 Å². The van der Waals surface area contributed by atoms with E-state index in [1.54, 1.807) is 0 Å². The van der Waals surface area contributed by atoms with Gasteiger partial charge in [0.25, 0.3) is 0 Å². The van der Waals surface area contributed by atoms with Gasteiger partial charge in [0.1, 0.15) is 11.6 Å². The number of hydrogen-bond donors (Lipinski definition) is 2. The van der Waals surface area contributed by atoms with E-state index >= 15 is 0 Å². The van der Waals surface area contributed by atoms with Crippen molar-refractivity contribution >= 4 is 17.5 Å². The molecule has 0 spiro atoms. The first-order chi connectivity index (χ1) is 13.8. The van der Waals surface area contributed by atoms with E-state index in [-0.39, 0.29) is 36.1 Å². The molecule has 1 fully saturated rings. The number of nitrogens with one attached hydrogen (secondary N) is 2. The highest BCUT2D eigenvalue weighted by Crippen LogP contribution is 2.23. The van der Waals surface area contributed by atoms with Crippen molar-refractivity contribution in [2.75, 3.05) is 6.54 Å². The summed E-state index contributed by atoms with van der Waals surface area (Å²) in [7, 11) is 0. The second kappa shape index (κ2) is 9.65. The third-order valence-corrected chi connectivity index (χ3v) is 5.24. The van der Waals surface area contributed by atoms with Gasteiger partial charge in [0, 0.05) is 42.3 Å². The molecule has 156 valence electrons. The fraction of sp³-hybridized carbons (Fsp3) is 0.409. The molecule has 2 N–H and O–H groups in total. The summed E-state index contributed by atoms with van der Waals surface area (Å²) in [6.07, 6.45) is 0.593. The Kier molecular flexibility index (Phi) is 7.22. The van der Waals surface area contributed by atoms with E-state index in [2.05, 4.69) is 15.5 Å². The van der Waals surface area contributed by atoms with E-state index < -0.39 is 11.6 Å². The molecule has 4 nitrogen and oxygen atoms in total. The molecule has 0 radical (unpaired) electrons. The second-order valence-electron chi connectivity index (χ2n) is 7.79. The fourth-order valence-corrected chi connectivity index (χ4v) is 3.90. The van der Waals surface area contributed by atoms with Crippen molar-refractivity contribution in [2.45, 2.75) is 51.5 Å². The summed E-state index contributed by atoms with van der Waals surface area (Å²) < 4.78 is 27.3. The Morgan fingerprint density at radius 2 is 2.03 bits per heavy atom. The van der Waals surface area contributed by atoms with Crippen LogP contribution < -0.4 is 10.6 Å². The van der Waals surface area contributed by atoms with Crippen molar-refractivity contribution < 1.29 is 13.6 Å². The van der Waals surface area contributed by atoms with Gasteiger partial charge in [0.2, 0.25) is 5.91 Å². The van der Waals surface area contributed by atoms with Crippen molar-refractivity contribution in [3.63, 3.8) is 0 Å². The lowest BCUT2D eigenvalue weighted by atomic mass is 10.1. The number of carbonyl (C=O) groups is 1. The molecule has 1 heterocycles. The third kappa shape index (κ3) is 5.98. The topological polar surface area (TPSA) is 44.4 Å². The first-order valence-electron chi connectivity index (χ1n) is 9.78. The molecule has 1 aliphatic rings. The maximum atomic E-state index is 13.9. The van der Waals surface area contributed by atoms with Crippen LogP contribution in [0.2, 0.25) is 5.02 Å². The van der Waals surface area contributed by atoms with Gasteiger partial charge in [-0.05, 0) is 56.2 Å². The van der Waals surface area contributed by atoms with Crippen LogP contribution in [-0.4, -0.2) is 35.5 Å². The Labute approximate surface area is 175 Å². The molecule has 2 aromatic carbocycles. The van der Waals surface area contributed by atoms with Crippen LogP contribution in [0.15, 0.2) is 42.5 Å². The Hall–Kier alpha value is -2.02. The number of amides is 1. The number of likely N-dealkylation sites (tertiary alicyclic amines) is 1. The predicted octanol–water partition coefficient (Wildman–Crippen LogP) is 3.88. The van der Waals surface area contributed by atoms with Gasteiger partial charge < -0.3 is 10.6 Å². The van der Waals surface area contributed by atoms with Gasteiger partial charge in [-0.3, -0.25) is 9.69 Å². The summed E-state index contributed by atoms with van der Waals surface area (Å²) in [5.74, 6) is -0.934. The van der Waals surface area contributed by atoms with Gasteiger partial charge in [0.15, 0.2) is 0 Å². The van der Waals surface area contributed by atoms with Crippen molar-refractivity contribution in [1.29, 1.82) is 0 Å². The smallest absolute Gasteiger partial charge is 0.237 e. The largest absolute Gasteiger partial charge is 0.353 e. The zero-order chi connectivity index (χ0) is 21.0. The molecule has 1 aliphatic heterocycles. The molecular formula is C22H26ClF2N3O. The van der Waals surface area contributed by atoms with Crippen LogP contribution >= 0.6 is 11.6 Å². The summed E-state index contributed by atoms with van der Waals surface area (Å²) in [6, 6.07) is 10.7. The molecule has 1 saturated heterocycles. The summed E-state index contributed by atoms with van der Waals surface area (Å²) in [5, 5.41) is 6.91. The van der Waals surface area contributed by atoms with Gasteiger partial charge in [-0.2, -0.15) is 0 Å². The quantitative estimate of drug-likeness (QED) is 0.713. The molecule has 7 heteroatoms. The SMILES string of the molecule is CC(C)NC(=O)[C@@H]1C[C@@H](NCc2cc(F)ccc2F)CN1Cc1cccc(Cl)c1. The van der Waals surface area contributed by atoms with Crippen molar-refractivity contribution in [3.05, 3.63) is 70.2 Å². The van der Waals surface area contributed by atoms with Crippen LogP contribution in [0.1, 0.15) is 31.4 Å². The average molecular weight is 422 g/mol. The van der Waals surface area contributed by atoms with E-state index in [0.29, 0.717) is 24.5 Å². The first kappa shape index (κ1) is 21.7. The number of halogens is 3. The van der Waals surface area contributed by atoms with Crippen molar-refractivity contribution in [2.24, 2.45) is 0 Å². The zero-order valence-corrected chi connectivity index (χ0v) is 17.3. The monoisotopic (exact) mass is 421 g/mol. The van der Waals surface area contributed by atoms with Gasteiger partial charge in [-0.25, -0.2) is 8.78 Å². The van der Waals surface area contributed by atoms with Crippen LogP contribution in [0.3, 0.4) is 0 Å². The first-order valence-corrected chi connectivity index (χ1v) is 10.2. The van der Waals surface area contributed by atoms with Gasteiger partial charge in [-0.1, -0.05) is 23.7 Å². The molecule has 0 aromatic heterocycles. The fourth-order valence-electron chi connectivity index (χ4n) is 3.68. The van der Waals surface area contributed by atoms with Gasteiger partial charge in [0.05, 0.1) is 6.04 Å². The number of benzene rings is 2. The Morgan fingerprint density at radius 1 is 1.24 bits per heavy atom. The summed E-state index contributed by atoms with van der Waals surface area (Å²) in [6.45, 7) is 5.27. The lowest BCUT2D eigenvalue weighted by Crippen LogP contribution is -2.45. The molecule has 0 aliphatic carbocycles. The molecule has 1 amide bonds. The molecule has 2 atom stereocenters. The number of nitrogens with zero attached hydrogens (tertiary/aromatic N) is 1. The van der Waals surface area contributed by atoms with Crippen molar-refractivity contribution in [3.8, 4) is 0 Å². The minimum absolute atomic E-state index is 0.0141. The summed E-state index contributed by atoms with van der Waals surface area (Å²) in [5.41, 5.74) is 1.30. The van der Waals surface area contributed by atoms with E-state index in [0.717, 1.165) is 17.7 Å². The molecule has 0 bridgehead atoms. The van der Waals surface area contributed by atoms with Crippen LogP contribution in [0.4, 0.5) is 8.78 Å². The third-order valence-electron chi connectivity index (χ3n) is 5.00. The minimum Gasteiger partial charge on any atom is -0.353 e. The maximum Gasteiger partial charge on any atom is 0.237 e. The summed E-state index contributed by atoms with van der Waals surface area (Å²) >= 11 is 6.10. The molecule has 0 saturated carbocycles. The van der Waals surface area contributed by atoms with Gasteiger partial charge in [-0.15, -0.1) is 0 Å². The van der Waals surface area contributed by atoms with E-state index in [4.69, 9.17) is 11.6 Å². The molecular weight excluding hydrogens is 396 g/mol. The zero-order valence-electron chi connectivity index (χ0n) is 16.6. The predicted molar refractivity (Wildman–Crippen MR) is 111 cm³/mol. The lowest BCUT2D eigenvalue weighted by Gasteiger charge is -2.24. The normalized spacial score (nSPS) is 19.7. The van der Waals surface area contributed by atoms with Gasteiger partial charge >= 0.3 is 0 Å². The van der Waals surface area contributed by atoms with E-state index in [1.165, 1.54) is 6.07 Å². The molecule has 3 rings (SSSR count).